The van der Waals surface area contributed by atoms with Gasteiger partial charge in [0.15, 0.2) is 0 Å². The van der Waals surface area contributed by atoms with Gasteiger partial charge in [0.1, 0.15) is 53.5 Å². The third-order valence-corrected chi connectivity index (χ3v) is 23.6. The Morgan fingerprint density at radius 3 is 0.606 bits per heavy atom. The van der Waals surface area contributed by atoms with Gasteiger partial charge in [0.05, 0.1) is 44.5 Å². The van der Waals surface area contributed by atoms with E-state index in [0.717, 1.165) is 12.6 Å². The molecule has 1 N–H and O–H groups in total. The van der Waals surface area contributed by atoms with Crippen LogP contribution in [0.2, 0.25) is 0 Å². The summed E-state index contributed by atoms with van der Waals surface area (Å²) in [5.41, 5.74) is -27.4. The zero-order valence-corrected chi connectivity index (χ0v) is 71.7. The van der Waals surface area contributed by atoms with E-state index in [2.05, 4.69) is 133 Å². The molecule has 0 unspecified atom stereocenters. The van der Waals surface area contributed by atoms with Crippen LogP contribution in [-0.4, -0.2) is 38.1 Å². The minimum absolute atomic E-state index is 0. The summed E-state index contributed by atoms with van der Waals surface area (Å²) in [6.45, 7) is 3.25. The second-order valence-electron chi connectivity index (χ2n) is 27.9. The summed E-state index contributed by atoms with van der Waals surface area (Å²) in [6.07, 6.45) is -50.3. The normalized spacial score (nSPS) is 13.6. The maximum atomic E-state index is 14.2. The van der Waals surface area contributed by atoms with E-state index in [4.69, 9.17) is 4.79 Å². The predicted octanol–water partition coefficient (Wildman–Crippen LogP) is 26.6. The van der Waals surface area contributed by atoms with Crippen LogP contribution in [0.5, 0.6) is 0 Å². The van der Waals surface area contributed by atoms with Gasteiger partial charge < -0.3 is 9.69 Å². The molecule has 1 heterocycles. The molecule has 1 aliphatic rings. The SMILES string of the molecule is FC(F)(F)c1cc([B-](c2cc(C(F)(F)F)cc(C(F)(F)F)c2)(c2cc(C(F)(F)F)cc(C(F)(F)F)c2)c2cc(C(F)(F)F)cc(C(F)(F)F)c2)cc(C(F)(F)F)c1.Fc1ccccc1.Fc1ccccc1.Fc1ccccc1.Fc1ccccc1.Fc1ccccc1.[CH-]=O.[Mo+2].c1cc[cH-]c1.c1ccc(N2C[P@@](c3ccccc3)C[NH+](c3ccccc3)C[P@](c3ccccc3)C2)cc1. The van der Waals surface area contributed by atoms with Gasteiger partial charge in [0.25, 0.3) is 0 Å². The standard InChI is InChI=1S/C32H12BF24.C28H28N2P2.5C6H5F.C5H5.CHO.Mo/c34-25(35,36)13-1-14(26(37,38)39)6-21(5-13)33(22-7-15(27(40,41)42)2-16(8-22)28(43,44)45,23-9-17(29(46,47)48)3-18(10-23)30(49,50)51)24-11-19(31(52,53)54)4-20(12-24)32(55,56)57;1-5-13-25(14-6-1)29-21-31(27-17-9-3-10-18-27)23-30(26-15-7-2-8-16-26)24-32(22-29)28-19-11-4-12-20-28;5*7-6-4-2-1-3-5-6;1-2-4-5-3-1;1-2;/h1-12H;1-20H,21-24H2;5*1-5H;1-5H;1H;/q-1;;;;;;;2*-1;+2/p+1/t;31-,32-;;;;;;;;. The summed E-state index contributed by atoms with van der Waals surface area (Å²) in [6, 6.07) is 85.4. The number of nitrogens with one attached hydrogen (secondary N) is 1. The van der Waals surface area contributed by atoms with Crippen molar-refractivity contribution in [2.75, 3.05) is 30.0 Å². The Bertz CT molecular complexity index is 4810. The van der Waals surface area contributed by atoms with Crippen molar-refractivity contribution in [3.63, 3.8) is 0 Å². The molecule has 694 valence electrons. The average Bonchev–Trinajstić information content (AvgIpc) is 1.07. The number of rotatable bonds is 8. The molecular formula is C96H72BF29MoN2OP2. The van der Waals surface area contributed by atoms with Crippen molar-refractivity contribution >= 4 is 72.6 Å². The fraction of sp³-hybridized carbons (Fsp3) is 0.125. The molecule has 0 spiro atoms. The van der Waals surface area contributed by atoms with Crippen LogP contribution < -0.4 is 42.3 Å². The first-order valence-electron chi connectivity index (χ1n) is 38.2. The number of anilines is 1. The largest absolute Gasteiger partial charge is 2.00 e. The van der Waals surface area contributed by atoms with E-state index in [9.17, 15) is 127 Å². The van der Waals surface area contributed by atoms with Crippen molar-refractivity contribution in [3.05, 3.63) is 450 Å². The zero-order valence-electron chi connectivity index (χ0n) is 67.9. The first-order valence-corrected chi connectivity index (χ1v) is 41.6. The van der Waals surface area contributed by atoms with Crippen LogP contribution in [0, 0.1) is 29.1 Å². The summed E-state index contributed by atoms with van der Waals surface area (Å²) in [5.74, 6) is -0.891. The van der Waals surface area contributed by atoms with Gasteiger partial charge in [-0.05, 0) is 120 Å². The van der Waals surface area contributed by atoms with Crippen molar-refractivity contribution in [1.82, 2.24) is 0 Å². The number of para-hydroxylation sites is 2. The molecule has 14 aromatic rings. The fourth-order valence-electron chi connectivity index (χ4n) is 12.8. The first kappa shape index (κ1) is 109. The summed E-state index contributed by atoms with van der Waals surface area (Å²) in [4.78, 5) is 12.0. The zero-order chi connectivity index (χ0) is 96.6. The maximum Gasteiger partial charge on any atom is 2.00 e. The third kappa shape index (κ3) is 34.4. The van der Waals surface area contributed by atoms with Gasteiger partial charge in [-0.3, -0.25) is 11.7 Å². The average molecular weight is 1990 g/mol. The Balaban J connectivity index is 0.000000291. The van der Waals surface area contributed by atoms with Gasteiger partial charge >= 0.3 is 70.5 Å². The number of benzene rings is 13. The Morgan fingerprint density at radius 2 is 0.439 bits per heavy atom. The molecule has 0 aromatic heterocycles. The third-order valence-electron chi connectivity index (χ3n) is 18.7. The molecule has 132 heavy (non-hydrogen) atoms. The summed E-state index contributed by atoms with van der Waals surface area (Å²) >= 11 is 0. The number of quaternary nitrogens is 1. The summed E-state index contributed by atoms with van der Waals surface area (Å²) in [7, 11) is -0.650. The van der Waals surface area contributed by atoms with Crippen molar-refractivity contribution in [2.24, 2.45) is 0 Å². The molecule has 1 aliphatic heterocycles. The molecule has 1 fully saturated rings. The molecule has 1 saturated heterocycles. The van der Waals surface area contributed by atoms with E-state index < -0.39 is 195 Å². The monoisotopic (exact) mass is 1990 g/mol. The second-order valence-corrected chi connectivity index (χ2v) is 32.2. The van der Waals surface area contributed by atoms with E-state index in [-0.39, 0.29) is 66.0 Å². The van der Waals surface area contributed by atoms with Gasteiger partial charge in [-0.15, -0.1) is 0 Å². The van der Waals surface area contributed by atoms with E-state index in [1.807, 2.05) is 30.3 Å². The smallest absolute Gasteiger partial charge is 0.545 e. The van der Waals surface area contributed by atoms with Crippen LogP contribution in [0.3, 0.4) is 0 Å². The molecule has 14 aromatic carbocycles. The van der Waals surface area contributed by atoms with Crippen LogP contribution in [0.4, 0.5) is 139 Å². The van der Waals surface area contributed by atoms with E-state index >= 15 is 0 Å². The van der Waals surface area contributed by atoms with Crippen molar-refractivity contribution < 1.29 is 158 Å². The number of hydrogen-bond donors (Lipinski definition) is 1. The molecule has 3 nitrogen and oxygen atoms in total. The van der Waals surface area contributed by atoms with Crippen molar-refractivity contribution in [3.8, 4) is 0 Å². The topological polar surface area (TPSA) is 24.8 Å². The van der Waals surface area contributed by atoms with Gasteiger partial charge in [0.2, 0.25) is 0 Å². The molecule has 36 heteroatoms. The van der Waals surface area contributed by atoms with Crippen LogP contribution in [0.15, 0.2) is 376 Å². The molecule has 0 radical (unpaired) electrons. The van der Waals surface area contributed by atoms with Gasteiger partial charge in [0, 0.05) is 34.1 Å². The number of carbonyl (C=O) groups excluding carboxylic acids is 1. The van der Waals surface area contributed by atoms with Crippen molar-refractivity contribution in [2.45, 2.75) is 49.4 Å². The van der Waals surface area contributed by atoms with Crippen LogP contribution >= 0.6 is 15.8 Å². The molecule has 15 rings (SSSR count). The minimum atomic E-state index is -6.13. The van der Waals surface area contributed by atoms with Gasteiger partial charge in [-0.2, -0.15) is 145 Å². The first-order chi connectivity index (χ1) is 61.6. The maximum absolute atomic E-state index is 14.2. The molecule has 0 bridgehead atoms. The summed E-state index contributed by atoms with van der Waals surface area (Å²) < 4.78 is 400. The number of alkyl halides is 24. The van der Waals surface area contributed by atoms with Crippen LogP contribution in [0.25, 0.3) is 0 Å². The molecule has 0 amide bonds. The second kappa shape index (κ2) is 49.6. The van der Waals surface area contributed by atoms with Crippen LogP contribution in [0.1, 0.15) is 44.5 Å². The quantitative estimate of drug-likeness (QED) is 0.0539. The van der Waals surface area contributed by atoms with Crippen LogP contribution in [-0.2, 0) is 75.3 Å². The fourth-order valence-corrected chi connectivity index (χ4v) is 18.1. The number of hydrogen-bond acceptors (Lipinski definition) is 2. The Morgan fingerprint density at radius 1 is 0.258 bits per heavy atom. The van der Waals surface area contributed by atoms with E-state index in [1.165, 1.54) is 95.2 Å². The van der Waals surface area contributed by atoms with Gasteiger partial charge in [-0.25, -0.2) is 34.1 Å². The van der Waals surface area contributed by atoms with E-state index in [1.54, 1.807) is 95.9 Å². The Kier molecular flexibility index (Phi) is 41.0. The molecule has 0 aliphatic carbocycles. The van der Waals surface area contributed by atoms with Gasteiger partial charge in [-0.1, -0.05) is 237 Å². The molecular weight excluding hydrogens is 1920 g/mol. The van der Waals surface area contributed by atoms with Crippen molar-refractivity contribution in [1.29, 1.82) is 0 Å². The summed E-state index contributed by atoms with van der Waals surface area (Å²) in [5, 5.41) is 3.01. The molecule has 2 atom stereocenters. The molecule has 0 saturated carbocycles. The number of halogens is 29. The Hall–Kier alpha value is -11.8. The minimum Gasteiger partial charge on any atom is -0.545 e. The van der Waals surface area contributed by atoms with E-state index in [0.29, 0.717) is 0 Å². The predicted molar refractivity (Wildman–Crippen MR) is 452 cm³/mol. The number of nitrogens with zero attached hydrogens (tertiary/aromatic N) is 1. The Labute approximate surface area is 755 Å².